The van der Waals surface area contributed by atoms with Gasteiger partial charge in [-0.2, -0.15) is 0 Å². The molecule has 12 nitrogen and oxygen atoms in total. The predicted octanol–water partition coefficient (Wildman–Crippen LogP) is 6.25. The quantitative estimate of drug-likeness (QED) is 0.122. The smallest absolute Gasteiger partial charge is 0.250 e. The summed E-state index contributed by atoms with van der Waals surface area (Å²) < 4.78 is 2.29. The van der Waals surface area contributed by atoms with Crippen LogP contribution in [-0.2, 0) is 19.2 Å². The molecule has 8 rings (SSSR count). The highest BCUT2D eigenvalue weighted by Crippen LogP contribution is 2.41. The summed E-state index contributed by atoms with van der Waals surface area (Å²) in [5, 5.41) is 19.1. The number of H-pyrrole nitrogens is 1. The first-order chi connectivity index (χ1) is 28.1. The SMILES string of the molecule is CC(=O)N[C@@H](C(=O)N1CCCC1C1=NC=C(C#Cc2csc3c(-c4ccc5nc(C6CCCN6C(=O)[C@H](NC(=O)CO)C(C)C)[nH]c5c4)csc23)C1)c1ccccc1. The Morgan fingerprint density at radius 2 is 1.67 bits per heavy atom. The van der Waals surface area contributed by atoms with Gasteiger partial charge in [0.2, 0.25) is 23.6 Å². The fraction of sp³-hybridized carbons (Fsp3) is 0.364. The Hall–Kier alpha value is -5.62. The van der Waals surface area contributed by atoms with Gasteiger partial charge in [-0.15, -0.1) is 22.7 Å². The van der Waals surface area contributed by atoms with Gasteiger partial charge in [0.15, 0.2) is 0 Å². The fourth-order valence-corrected chi connectivity index (χ4v) is 10.6. The number of hydrogen-bond donors (Lipinski definition) is 4. The molecule has 2 unspecified atom stereocenters. The van der Waals surface area contributed by atoms with Gasteiger partial charge in [0, 0.05) is 60.2 Å². The zero-order valence-electron chi connectivity index (χ0n) is 32.6. The number of carbonyl (C=O) groups is 4. The molecular formula is C44H45N7O5S2. The van der Waals surface area contributed by atoms with Crippen LogP contribution in [-0.4, -0.2) is 86.0 Å². The van der Waals surface area contributed by atoms with Crippen LogP contribution in [0.5, 0.6) is 0 Å². The molecule has 0 spiro atoms. The molecule has 4 N–H and O–H groups in total. The Labute approximate surface area is 344 Å². The zero-order chi connectivity index (χ0) is 40.5. The lowest BCUT2D eigenvalue weighted by Crippen LogP contribution is -2.51. The van der Waals surface area contributed by atoms with E-state index in [0.29, 0.717) is 19.5 Å². The van der Waals surface area contributed by atoms with Crippen molar-refractivity contribution in [3.63, 3.8) is 0 Å². The number of nitrogens with zero attached hydrogens (tertiary/aromatic N) is 4. The first kappa shape index (κ1) is 39.2. The Bertz CT molecular complexity index is 2520. The number of aliphatic imine (C=N–C) groups is 1. The number of likely N-dealkylation sites (tertiary alicyclic amines) is 2. The molecule has 6 heterocycles. The molecule has 2 aromatic carbocycles. The van der Waals surface area contributed by atoms with Gasteiger partial charge in [-0.1, -0.05) is 62.1 Å². The molecule has 0 saturated carbocycles. The minimum atomic E-state index is -0.747. The lowest BCUT2D eigenvalue weighted by Gasteiger charge is -2.30. The molecule has 0 radical (unpaired) electrons. The summed E-state index contributed by atoms with van der Waals surface area (Å²) in [6.07, 6.45) is 5.68. The fourth-order valence-electron chi connectivity index (χ4n) is 8.24. The van der Waals surface area contributed by atoms with E-state index in [2.05, 4.69) is 50.4 Å². The third kappa shape index (κ3) is 7.81. The molecule has 0 aliphatic carbocycles. The van der Waals surface area contributed by atoms with E-state index in [1.165, 1.54) is 6.92 Å². The monoisotopic (exact) mass is 815 g/mol. The number of thiophene rings is 2. The van der Waals surface area contributed by atoms with Crippen LogP contribution in [0, 0.1) is 17.8 Å². The Morgan fingerprint density at radius 1 is 0.931 bits per heavy atom. The number of carbonyl (C=O) groups excluding carboxylic acids is 4. The first-order valence-corrected chi connectivity index (χ1v) is 21.4. The van der Waals surface area contributed by atoms with Gasteiger partial charge in [-0.05, 0) is 54.9 Å². The van der Waals surface area contributed by atoms with Gasteiger partial charge in [-0.25, -0.2) is 4.98 Å². The van der Waals surface area contributed by atoms with Crippen molar-refractivity contribution >= 4 is 72.4 Å². The summed E-state index contributed by atoms with van der Waals surface area (Å²) >= 11 is 3.34. The Kier molecular flexibility index (Phi) is 11.3. The van der Waals surface area contributed by atoms with E-state index in [-0.39, 0.29) is 35.7 Å². The molecule has 4 atom stereocenters. The minimum Gasteiger partial charge on any atom is -0.387 e. The molecular weight excluding hydrogens is 771 g/mol. The number of aromatic nitrogens is 2. The molecule has 14 heteroatoms. The summed E-state index contributed by atoms with van der Waals surface area (Å²) in [4.78, 5) is 68.3. The van der Waals surface area contributed by atoms with Crippen LogP contribution < -0.4 is 10.6 Å². The molecule has 2 saturated heterocycles. The second-order valence-electron chi connectivity index (χ2n) is 15.4. The molecule has 58 heavy (non-hydrogen) atoms. The number of imidazole rings is 1. The van der Waals surface area contributed by atoms with Crippen molar-refractivity contribution in [3.05, 3.63) is 88.0 Å². The molecule has 3 aromatic heterocycles. The van der Waals surface area contributed by atoms with Gasteiger partial charge in [-0.3, -0.25) is 24.2 Å². The van der Waals surface area contributed by atoms with E-state index in [9.17, 15) is 24.3 Å². The summed E-state index contributed by atoms with van der Waals surface area (Å²) in [7, 11) is 0. The van der Waals surface area contributed by atoms with Crippen LogP contribution in [0.3, 0.4) is 0 Å². The summed E-state index contributed by atoms with van der Waals surface area (Å²) in [5.41, 5.74) is 7.44. The lowest BCUT2D eigenvalue weighted by atomic mass is 10.0. The van der Waals surface area contributed by atoms with Gasteiger partial charge < -0.3 is 30.5 Å². The maximum atomic E-state index is 13.8. The van der Waals surface area contributed by atoms with Crippen molar-refractivity contribution in [1.82, 2.24) is 30.4 Å². The average molecular weight is 816 g/mol. The molecule has 0 bridgehead atoms. The van der Waals surface area contributed by atoms with Gasteiger partial charge >= 0.3 is 0 Å². The predicted molar refractivity (Wildman–Crippen MR) is 227 cm³/mol. The van der Waals surface area contributed by atoms with Gasteiger partial charge in [0.1, 0.15) is 24.5 Å². The van der Waals surface area contributed by atoms with Crippen LogP contribution in [0.1, 0.15) is 81.9 Å². The number of aromatic amines is 1. The lowest BCUT2D eigenvalue weighted by molar-refractivity contribution is -0.139. The standard InChI is InChI=1S/C44H45N7O5S2/c1-25(2)38(49-37(54)22-52)43(55)51-18-8-12-36(51)42-47-32-16-15-29(20-33(32)48-42)31-24-58-40-30(23-57-41(31)40)14-13-27-19-34(45-21-27)35-11-7-17-50(35)44(56)39(46-26(3)53)28-9-5-4-6-10-28/h4-6,9-10,15-16,20-21,23-25,35-36,38-39,52H,7-8,11-12,17-19,22H2,1-3H3,(H,46,53)(H,47,48)(H,49,54)/t35?,36?,38-,39-/m1/s1. The van der Waals surface area contributed by atoms with E-state index < -0.39 is 24.6 Å². The van der Waals surface area contributed by atoms with Crippen molar-refractivity contribution in [2.45, 2.75) is 77.0 Å². The van der Waals surface area contributed by atoms with E-state index >= 15 is 0 Å². The Morgan fingerprint density at radius 3 is 2.41 bits per heavy atom. The van der Waals surface area contributed by atoms with Crippen LogP contribution in [0.25, 0.3) is 31.6 Å². The van der Waals surface area contributed by atoms with E-state index in [4.69, 9.17) is 9.98 Å². The number of allylic oxidation sites excluding steroid dienone is 1. The minimum absolute atomic E-state index is 0.122. The molecule has 4 amide bonds. The second-order valence-corrected chi connectivity index (χ2v) is 17.1. The van der Waals surface area contributed by atoms with Crippen molar-refractivity contribution < 1.29 is 24.3 Å². The maximum Gasteiger partial charge on any atom is 0.250 e. The van der Waals surface area contributed by atoms with Crippen LogP contribution in [0.4, 0.5) is 0 Å². The molecule has 298 valence electrons. The van der Waals surface area contributed by atoms with Crippen molar-refractivity contribution in [3.8, 4) is 23.0 Å². The number of rotatable bonds is 10. The summed E-state index contributed by atoms with van der Waals surface area (Å²) in [6.45, 7) is 5.72. The first-order valence-electron chi connectivity index (χ1n) is 19.7. The second kappa shape index (κ2) is 16.7. The number of fused-ring (bicyclic) bond motifs is 2. The summed E-state index contributed by atoms with van der Waals surface area (Å²) in [5.74, 6) is 6.24. The number of amides is 4. The topological polar surface area (TPSA) is 160 Å². The third-order valence-electron chi connectivity index (χ3n) is 11.1. The van der Waals surface area contributed by atoms with Gasteiger partial charge in [0.25, 0.3) is 0 Å². The maximum absolute atomic E-state index is 13.8. The highest BCUT2D eigenvalue weighted by atomic mass is 32.1. The number of benzene rings is 2. The van der Waals surface area contributed by atoms with Crippen LogP contribution >= 0.6 is 22.7 Å². The van der Waals surface area contributed by atoms with Crippen molar-refractivity contribution in [2.24, 2.45) is 10.9 Å². The average Bonchev–Trinajstić information content (AvgIpc) is 4.08. The number of nitrogens with one attached hydrogen (secondary N) is 3. The largest absolute Gasteiger partial charge is 0.387 e. The number of aliphatic hydroxyl groups excluding tert-OH is 1. The number of aliphatic hydroxyl groups is 1. The Balaban J connectivity index is 0.951. The zero-order valence-corrected chi connectivity index (χ0v) is 34.2. The van der Waals surface area contributed by atoms with Crippen molar-refractivity contribution in [1.29, 1.82) is 0 Å². The van der Waals surface area contributed by atoms with E-state index in [1.807, 2.05) is 61.3 Å². The number of hydrogen-bond acceptors (Lipinski definition) is 9. The van der Waals surface area contributed by atoms with Crippen molar-refractivity contribution in [2.75, 3.05) is 19.7 Å². The third-order valence-corrected chi connectivity index (χ3v) is 13.3. The highest BCUT2D eigenvalue weighted by molar-refractivity contribution is 7.27. The van der Waals surface area contributed by atoms with Crippen LogP contribution in [0.2, 0.25) is 0 Å². The molecule has 3 aliphatic rings. The highest BCUT2D eigenvalue weighted by Gasteiger charge is 2.39. The summed E-state index contributed by atoms with van der Waals surface area (Å²) in [6, 6.07) is 13.7. The molecule has 3 aliphatic heterocycles. The normalized spacial score (nSPS) is 18.9. The van der Waals surface area contributed by atoms with Gasteiger partial charge in [0.05, 0.1) is 38.1 Å². The van der Waals surface area contributed by atoms with Crippen LogP contribution in [0.15, 0.2) is 76.1 Å². The van der Waals surface area contributed by atoms with E-state index in [0.717, 1.165) is 85.5 Å². The molecule has 5 aromatic rings. The molecule has 2 fully saturated rings. The van der Waals surface area contributed by atoms with E-state index in [1.54, 1.807) is 27.6 Å².